The van der Waals surface area contributed by atoms with E-state index in [1.807, 2.05) is 24.4 Å². The normalized spacial score (nSPS) is 10.5. The van der Waals surface area contributed by atoms with E-state index in [0.29, 0.717) is 11.6 Å². The van der Waals surface area contributed by atoms with Crippen LogP contribution in [0.2, 0.25) is 5.02 Å². The number of nitrogens with zero attached hydrogens (tertiary/aromatic N) is 1. The van der Waals surface area contributed by atoms with Gasteiger partial charge in [0.2, 0.25) is 0 Å². The zero-order chi connectivity index (χ0) is 12.1. The highest BCUT2D eigenvalue weighted by molar-refractivity contribution is 6.31. The maximum Gasteiger partial charge on any atom is 0.124 e. The van der Waals surface area contributed by atoms with Crippen molar-refractivity contribution in [3.8, 4) is 5.75 Å². The standard InChI is InChI=1S/C12H14ClN3O/c1-17-12-4-2-3-11(13)10(12)8-14-5-9-6-15-16-7-9/h2-4,6-7,14H,5,8H2,1H3,(H,15,16). The number of benzene rings is 1. The minimum Gasteiger partial charge on any atom is -0.496 e. The lowest BCUT2D eigenvalue weighted by molar-refractivity contribution is 0.407. The number of nitrogens with one attached hydrogen (secondary N) is 2. The zero-order valence-corrected chi connectivity index (χ0v) is 10.3. The van der Waals surface area contributed by atoms with Crippen molar-refractivity contribution in [2.75, 3.05) is 7.11 Å². The van der Waals surface area contributed by atoms with E-state index < -0.39 is 0 Å². The summed E-state index contributed by atoms with van der Waals surface area (Å²) < 4.78 is 5.27. The number of aromatic nitrogens is 2. The van der Waals surface area contributed by atoms with Gasteiger partial charge in [-0.2, -0.15) is 5.10 Å². The third-order valence-electron chi connectivity index (χ3n) is 2.48. The Labute approximate surface area is 105 Å². The summed E-state index contributed by atoms with van der Waals surface area (Å²) >= 11 is 6.13. The van der Waals surface area contributed by atoms with Crippen LogP contribution in [-0.2, 0) is 13.1 Å². The fourth-order valence-corrected chi connectivity index (χ4v) is 1.84. The molecule has 0 aliphatic carbocycles. The Bertz CT molecular complexity index is 471. The van der Waals surface area contributed by atoms with Crippen molar-refractivity contribution in [2.24, 2.45) is 0 Å². The average molecular weight is 252 g/mol. The molecule has 0 fully saturated rings. The largest absolute Gasteiger partial charge is 0.496 e. The van der Waals surface area contributed by atoms with Crippen molar-refractivity contribution in [3.63, 3.8) is 0 Å². The van der Waals surface area contributed by atoms with Crippen LogP contribution < -0.4 is 10.1 Å². The molecule has 0 atom stereocenters. The molecule has 5 heteroatoms. The number of hydrogen-bond acceptors (Lipinski definition) is 3. The van der Waals surface area contributed by atoms with E-state index in [4.69, 9.17) is 16.3 Å². The smallest absolute Gasteiger partial charge is 0.124 e. The fraction of sp³-hybridized carbons (Fsp3) is 0.250. The molecule has 0 aliphatic rings. The molecule has 17 heavy (non-hydrogen) atoms. The second kappa shape index (κ2) is 5.70. The van der Waals surface area contributed by atoms with Crippen LogP contribution in [0.4, 0.5) is 0 Å². The van der Waals surface area contributed by atoms with Crippen LogP contribution in [0.1, 0.15) is 11.1 Å². The van der Waals surface area contributed by atoms with E-state index in [0.717, 1.165) is 23.4 Å². The number of halogens is 1. The molecule has 1 heterocycles. The molecule has 1 aromatic carbocycles. The van der Waals surface area contributed by atoms with Crippen molar-refractivity contribution in [3.05, 3.63) is 46.7 Å². The molecular weight excluding hydrogens is 238 g/mol. The Morgan fingerprint density at radius 1 is 1.41 bits per heavy atom. The van der Waals surface area contributed by atoms with Gasteiger partial charge in [0.15, 0.2) is 0 Å². The van der Waals surface area contributed by atoms with E-state index in [-0.39, 0.29) is 0 Å². The zero-order valence-electron chi connectivity index (χ0n) is 9.53. The maximum atomic E-state index is 6.13. The lowest BCUT2D eigenvalue weighted by Gasteiger charge is -2.10. The topological polar surface area (TPSA) is 49.9 Å². The molecule has 90 valence electrons. The molecule has 0 spiro atoms. The Balaban J connectivity index is 1.98. The first-order chi connectivity index (χ1) is 8.31. The number of hydrogen-bond donors (Lipinski definition) is 2. The van der Waals surface area contributed by atoms with E-state index in [9.17, 15) is 0 Å². The average Bonchev–Trinajstić information content (AvgIpc) is 2.84. The lowest BCUT2D eigenvalue weighted by Crippen LogP contribution is -2.13. The number of H-pyrrole nitrogens is 1. The van der Waals surface area contributed by atoms with Crippen LogP contribution >= 0.6 is 11.6 Å². The van der Waals surface area contributed by atoms with E-state index in [1.165, 1.54) is 0 Å². The van der Waals surface area contributed by atoms with Crippen LogP contribution in [0.25, 0.3) is 0 Å². The van der Waals surface area contributed by atoms with Crippen molar-refractivity contribution in [2.45, 2.75) is 13.1 Å². The van der Waals surface area contributed by atoms with Gasteiger partial charge in [0.1, 0.15) is 5.75 Å². The third kappa shape index (κ3) is 2.99. The summed E-state index contributed by atoms with van der Waals surface area (Å²) in [5.41, 5.74) is 2.08. The van der Waals surface area contributed by atoms with Gasteiger partial charge in [0, 0.05) is 35.4 Å². The molecule has 0 saturated heterocycles. The van der Waals surface area contributed by atoms with Gasteiger partial charge in [0.05, 0.1) is 13.3 Å². The first-order valence-corrected chi connectivity index (χ1v) is 5.69. The summed E-state index contributed by atoms with van der Waals surface area (Å²) in [6, 6.07) is 5.64. The van der Waals surface area contributed by atoms with Crippen molar-refractivity contribution < 1.29 is 4.74 Å². The first kappa shape index (κ1) is 12.0. The molecule has 0 unspecified atom stereocenters. The molecule has 0 radical (unpaired) electrons. The third-order valence-corrected chi connectivity index (χ3v) is 2.84. The minimum absolute atomic E-state index is 0.661. The molecule has 0 amide bonds. The molecule has 2 rings (SSSR count). The van der Waals surface area contributed by atoms with Crippen LogP contribution in [0.5, 0.6) is 5.75 Å². The number of rotatable bonds is 5. The lowest BCUT2D eigenvalue weighted by atomic mass is 10.2. The Morgan fingerprint density at radius 2 is 2.29 bits per heavy atom. The second-order valence-electron chi connectivity index (χ2n) is 3.63. The van der Waals surface area contributed by atoms with Crippen molar-refractivity contribution in [1.29, 1.82) is 0 Å². The van der Waals surface area contributed by atoms with Gasteiger partial charge in [-0.1, -0.05) is 17.7 Å². The summed E-state index contributed by atoms with van der Waals surface area (Å²) in [5, 5.41) is 10.7. The van der Waals surface area contributed by atoms with Crippen molar-refractivity contribution >= 4 is 11.6 Å². The van der Waals surface area contributed by atoms with Gasteiger partial charge in [-0.3, -0.25) is 5.10 Å². The molecule has 2 N–H and O–H groups in total. The summed E-state index contributed by atoms with van der Waals surface area (Å²) in [6.07, 6.45) is 3.65. The van der Waals surface area contributed by atoms with E-state index in [2.05, 4.69) is 15.5 Å². The number of ether oxygens (including phenoxy) is 1. The number of methoxy groups -OCH3 is 1. The summed E-state index contributed by atoms with van der Waals surface area (Å²) in [5.74, 6) is 0.803. The van der Waals surface area contributed by atoms with Gasteiger partial charge in [0.25, 0.3) is 0 Å². The highest BCUT2D eigenvalue weighted by atomic mass is 35.5. The monoisotopic (exact) mass is 251 g/mol. The molecule has 1 aromatic heterocycles. The Hall–Kier alpha value is -1.52. The Kier molecular flexibility index (Phi) is 4.01. The molecule has 0 bridgehead atoms. The minimum atomic E-state index is 0.661. The first-order valence-electron chi connectivity index (χ1n) is 5.31. The van der Waals surface area contributed by atoms with Gasteiger partial charge < -0.3 is 10.1 Å². The SMILES string of the molecule is COc1cccc(Cl)c1CNCc1cn[nH]c1. The van der Waals surface area contributed by atoms with Crippen LogP contribution in [0, 0.1) is 0 Å². The van der Waals surface area contributed by atoms with Gasteiger partial charge in [-0.05, 0) is 12.1 Å². The molecule has 0 saturated carbocycles. The number of aromatic amines is 1. The predicted octanol–water partition coefficient (Wildman–Crippen LogP) is 2.36. The van der Waals surface area contributed by atoms with E-state index in [1.54, 1.807) is 13.3 Å². The highest BCUT2D eigenvalue weighted by Gasteiger charge is 2.06. The van der Waals surface area contributed by atoms with E-state index >= 15 is 0 Å². The molecule has 4 nitrogen and oxygen atoms in total. The van der Waals surface area contributed by atoms with Crippen LogP contribution in [0.15, 0.2) is 30.6 Å². The fourth-order valence-electron chi connectivity index (χ4n) is 1.61. The molecule has 2 aromatic rings. The molecular formula is C12H14ClN3O. The van der Waals surface area contributed by atoms with Gasteiger partial charge >= 0.3 is 0 Å². The Morgan fingerprint density at radius 3 is 3.00 bits per heavy atom. The quantitative estimate of drug-likeness (QED) is 0.858. The summed E-state index contributed by atoms with van der Waals surface area (Å²) in [6.45, 7) is 1.40. The summed E-state index contributed by atoms with van der Waals surface area (Å²) in [7, 11) is 1.64. The van der Waals surface area contributed by atoms with Gasteiger partial charge in [-0.15, -0.1) is 0 Å². The second-order valence-corrected chi connectivity index (χ2v) is 4.04. The van der Waals surface area contributed by atoms with Crippen LogP contribution in [0.3, 0.4) is 0 Å². The van der Waals surface area contributed by atoms with Gasteiger partial charge in [-0.25, -0.2) is 0 Å². The highest BCUT2D eigenvalue weighted by Crippen LogP contribution is 2.25. The molecule has 0 aliphatic heterocycles. The van der Waals surface area contributed by atoms with Crippen molar-refractivity contribution in [1.82, 2.24) is 15.5 Å². The summed E-state index contributed by atoms with van der Waals surface area (Å²) in [4.78, 5) is 0. The van der Waals surface area contributed by atoms with Crippen LogP contribution in [-0.4, -0.2) is 17.3 Å². The maximum absolute atomic E-state index is 6.13. The predicted molar refractivity (Wildman–Crippen MR) is 67.1 cm³/mol.